The largest absolute Gasteiger partial charge is 0.573 e. The van der Waals surface area contributed by atoms with E-state index in [4.69, 9.17) is 0 Å². The van der Waals surface area contributed by atoms with Crippen molar-refractivity contribution in [1.82, 2.24) is 4.57 Å². The molecule has 20 heavy (non-hydrogen) atoms. The maximum atomic E-state index is 12.2. The molecule has 1 aromatic heterocycles. The van der Waals surface area contributed by atoms with Gasteiger partial charge in [-0.3, -0.25) is 0 Å². The third-order valence-electron chi connectivity index (χ3n) is 2.86. The zero-order chi connectivity index (χ0) is 14.2. The number of rotatable bonds is 2. The Kier molecular flexibility index (Phi) is 2.89. The van der Waals surface area contributed by atoms with Crippen LogP contribution in [0.3, 0.4) is 0 Å². The van der Waals surface area contributed by atoms with E-state index in [0.717, 1.165) is 10.9 Å². The van der Waals surface area contributed by atoms with Gasteiger partial charge in [0.05, 0.1) is 5.52 Å². The summed E-state index contributed by atoms with van der Waals surface area (Å²) in [6.07, 6.45) is -2.89. The molecule has 0 aliphatic carbocycles. The molecule has 0 spiro atoms. The highest BCUT2D eigenvalue weighted by Crippen LogP contribution is 2.26. The molecule has 0 amide bonds. The second-order valence-electron chi connectivity index (χ2n) is 4.22. The average Bonchev–Trinajstić information content (AvgIpc) is 2.81. The molecule has 2 aromatic carbocycles. The number of ether oxygens (including phenoxy) is 1. The summed E-state index contributed by atoms with van der Waals surface area (Å²) in [6, 6.07) is 16.1. The zero-order valence-electron chi connectivity index (χ0n) is 10.2. The van der Waals surface area contributed by atoms with Crippen LogP contribution in [0.2, 0.25) is 0 Å². The Morgan fingerprint density at radius 1 is 1.10 bits per heavy atom. The van der Waals surface area contributed by atoms with Gasteiger partial charge < -0.3 is 9.30 Å². The van der Waals surface area contributed by atoms with Gasteiger partial charge in [-0.2, -0.15) is 0 Å². The molecule has 0 N–H and O–H groups in total. The molecule has 0 bridgehead atoms. The fraction of sp³-hybridized carbons (Fsp3) is 0.0667. The Balaban J connectivity index is 2.04. The first-order valence-electron chi connectivity index (χ1n) is 5.86. The molecular formula is C15H9F3NO. The van der Waals surface area contributed by atoms with Crippen molar-refractivity contribution in [2.75, 3.05) is 0 Å². The number of nitrogens with zero attached hydrogens (tertiary/aromatic N) is 1. The summed E-state index contributed by atoms with van der Waals surface area (Å²) in [4.78, 5) is 0. The molecular weight excluding hydrogens is 267 g/mol. The number of hydrogen-bond acceptors (Lipinski definition) is 1. The first-order valence-corrected chi connectivity index (χ1v) is 5.86. The SMILES string of the molecule is FC(F)(F)Oc1cccc(-n2ccc3c[c]ccc32)c1. The predicted molar refractivity (Wildman–Crippen MR) is 68.8 cm³/mol. The minimum Gasteiger partial charge on any atom is -0.406 e. The van der Waals surface area contributed by atoms with Crippen LogP contribution in [0.5, 0.6) is 5.75 Å². The van der Waals surface area contributed by atoms with E-state index in [9.17, 15) is 13.2 Å². The lowest BCUT2D eigenvalue weighted by molar-refractivity contribution is -0.274. The standard InChI is InChI=1S/C15H9F3NO/c16-15(17,18)20-13-6-3-5-12(10-13)19-9-8-11-4-1-2-7-14(11)19/h2-10H. The van der Waals surface area contributed by atoms with Gasteiger partial charge in [0.2, 0.25) is 0 Å². The van der Waals surface area contributed by atoms with Gasteiger partial charge in [-0.05, 0) is 36.4 Å². The van der Waals surface area contributed by atoms with Gasteiger partial charge in [0.15, 0.2) is 0 Å². The van der Waals surface area contributed by atoms with Crippen LogP contribution in [-0.4, -0.2) is 10.9 Å². The molecule has 0 saturated carbocycles. The van der Waals surface area contributed by atoms with Crippen molar-refractivity contribution in [2.45, 2.75) is 6.36 Å². The van der Waals surface area contributed by atoms with Crippen LogP contribution in [0, 0.1) is 6.07 Å². The van der Waals surface area contributed by atoms with Crippen molar-refractivity contribution in [3.63, 3.8) is 0 Å². The van der Waals surface area contributed by atoms with Gasteiger partial charge in [0, 0.05) is 23.3 Å². The average molecular weight is 276 g/mol. The summed E-state index contributed by atoms with van der Waals surface area (Å²) in [6.45, 7) is 0. The predicted octanol–water partition coefficient (Wildman–Crippen LogP) is 4.33. The molecule has 5 heteroatoms. The Labute approximate surface area is 113 Å². The molecule has 0 aliphatic rings. The lowest BCUT2D eigenvalue weighted by Crippen LogP contribution is -2.17. The number of aromatic nitrogens is 1. The van der Waals surface area contributed by atoms with Crippen LogP contribution in [-0.2, 0) is 0 Å². The van der Waals surface area contributed by atoms with Gasteiger partial charge in [-0.15, -0.1) is 13.2 Å². The number of alkyl halides is 3. The van der Waals surface area contributed by atoms with Crippen molar-refractivity contribution < 1.29 is 17.9 Å². The van der Waals surface area contributed by atoms with E-state index >= 15 is 0 Å². The summed E-state index contributed by atoms with van der Waals surface area (Å²) in [5.41, 5.74) is 1.50. The third kappa shape index (κ3) is 2.47. The highest BCUT2D eigenvalue weighted by atomic mass is 19.4. The molecule has 1 radical (unpaired) electrons. The minimum atomic E-state index is -4.69. The van der Waals surface area contributed by atoms with Gasteiger partial charge in [-0.25, -0.2) is 0 Å². The minimum absolute atomic E-state index is 0.237. The van der Waals surface area contributed by atoms with E-state index in [1.807, 2.05) is 18.2 Å². The quantitative estimate of drug-likeness (QED) is 0.679. The monoisotopic (exact) mass is 276 g/mol. The Bertz CT molecular complexity index is 746. The molecule has 0 saturated heterocycles. The van der Waals surface area contributed by atoms with Crippen molar-refractivity contribution in [3.8, 4) is 11.4 Å². The number of halogens is 3. The van der Waals surface area contributed by atoms with Crippen molar-refractivity contribution in [1.29, 1.82) is 0 Å². The van der Waals surface area contributed by atoms with E-state index < -0.39 is 6.36 Å². The normalized spacial score (nSPS) is 11.8. The van der Waals surface area contributed by atoms with E-state index in [0.29, 0.717) is 5.69 Å². The van der Waals surface area contributed by atoms with Crippen molar-refractivity contribution >= 4 is 10.9 Å². The summed E-state index contributed by atoms with van der Waals surface area (Å²) >= 11 is 0. The highest BCUT2D eigenvalue weighted by Gasteiger charge is 2.31. The van der Waals surface area contributed by atoms with Gasteiger partial charge in [0.25, 0.3) is 0 Å². The van der Waals surface area contributed by atoms with Crippen LogP contribution in [0.4, 0.5) is 13.2 Å². The van der Waals surface area contributed by atoms with E-state index in [2.05, 4.69) is 10.8 Å². The third-order valence-corrected chi connectivity index (χ3v) is 2.86. The second-order valence-corrected chi connectivity index (χ2v) is 4.22. The summed E-state index contributed by atoms with van der Waals surface area (Å²) in [5, 5.41) is 0.967. The van der Waals surface area contributed by atoms with E-state index in [1.54, 1.807) is 22.9 Å². The van der Waals surface area contributed by atoms with Gasteiger partial charge in [0.1, 0.15) is 5.75 Å². The zero-order valence-corrected chi connectivity index (χ0v) is 10.2. The fourth-order valence-corrected chi connectivity index (χ4v) is 2.08. The molecule has 0 aliphatic heterocycles. The molecule has 1 heterocycles. The number of hydrogen-bond donors (Lipinski definition) is 0. The van der Waals surface area contributed by atoms with Crippen molar-refractivity contribution in [2.24, 2.45) is 0 Å². The molecule has 0 unspecified atom stereocenters. The highest BCUT2D eigenvalue weighted by molar-refractivity contribution is 5.81. The molecule has 3 rings (SSSR count). The number of benzene rings is 2. The lowest BCUT2D eigenvalue weighted by Gasteiger charge is -2.11. The Morgan fingerprint density at radius 2 is 1.95 bits per heavy atom. The van der Waals surface area contributed by atoms with Gasteiger partial charge in [-0.1, -0.05) is 12.1 Å². The van der Waals surface area contributed by atoms with E-state index in [1.165, 1.54) is 18.2 Å². The van der Waals surface area contributed by atoms with Crippen LogP contribution in [0.25, 0.3) is 16.6 Å². The van der Waals surface area contributed by atoms with Crippen molar-refractivity contribution in [3.05, 3.63) is 60.8 Å². The molecule has 3 aromatic rings. The Hall–Kier alpha value is -2.43. The smallest absolute Gasteiger partial charge is 0.406 e. The topological polar surface area (TPSA) is 14.2 Å². The van der Waals surface area contributed by atoms with Crippen LogP contribution < -0.4 is 4.74 Å². The van der Waals surface area contributed by atoms with Crippen LogP contribution in [0.15, 0.2) is 54.7 Å². The summed E-state index contributed by atoms with van der Waals surface area (Å²) in [5.74, 6) is -0.237. The van der Waals surface area contributed by atoms with Gasteiger partial charge >= 0.3 is 6.36 Å². The molecule has 0 fully saturated rings. The fourth-order valence-electron chi connectivity index (χ4n) is 2.08. The van der Waals surface area contributed by atoms with Crippen LogP contribution in [0.1, 0.15) is 0 Å². The molecule has 101 valence electrons. The first-order chi connectivity index (χ1) is 9.53. The second kappa shape index (κ2) is 4.59. The van der Waals surface area contributed by atoms with Crippen LogP contribution >= 0.6 is 0 Å². The molecule has 0 atom stereocenters. The maximum absolute atomic E-state index is 12.2. The Morgan fingerprint density at radius 3 is 2.75 bits per heavy atom. The summed E-state index contributed by atoms with van der Waals surface area (Å²) < 4.78 is 42.4. The molecule has 2 nitrogen and oxygen atoms in total. The lowest BCUT2D eigenvalue weighted by atomic mass is 10.2. The van der Waals surface area contributed by atoms with E-state index in [-0.39, 0.29) is 5.75 Å². The maximum Gasteiger partial charge on any atom is 0.573 e. The first kappa shape index (κ1) is 12.6. The number of fused-ring (bicyclic) bond motifs is 1. The summed E-state index contributed by atoms with van der Waals surface area (Å²) in [7, 11) is 0.